The molecule has 6 nitrogen and oxygen atoms in total. The molecule has 0 radical (unpaired) electrons. The van der Waals surface area contributed by atoms with Crippen LogP contribution in [0.3, 0.4) is 0 Å². The molecule has 7 heteroatoms. The minimum absolute atomic E-state index is 0.131. The van der Waals surface area contributed by atoms with Crippen LogP contribution >= 0.6 is 11.6 Å². The number of ether oxygens (including phenoxy) is 1. The lowest BCUT2D eigenvalue weighted by molar-refractivity contribution is -0.130. The van der Waals surface area contributed by atoms with Crippen LogP contribution in [0.25, 0.3) is 0 Å². The third-order valence-electron chi connectivity index (χ3n) is 2.96. The van der Waals surface area contributed by atoms with E-state index < -0.39 is 6.10 Å². The van der Waals surface area contributed by atoms with Crippen molar-refractivity contribution in [3.8, 4) is 5.75 Å². The van der Waals surface area contributed by atoms with Crippen molar-refractivity contribution >= 4 is 23.4 Å². The van der Waals surface area contributed by atoms with Gasteiger partial charge >= 0.3 is 0 Å². The second kappa shape index (κ2) is 8.24. The van der Waals surface area contributed by atoms with Crippen LogP contribution in [-0.2, 0) is 16.1 Å². The van der Waals surface area contributed by atoms with Crippen LogP contribution in [0.1, 0.15) is 12.7 Å². The summed E-state index contributed by atoms with van der Waals surface area (Å²) in [5.74, 6) is 0.477. The van der Waals surface area contributed by atoms with Crippen molar-refractivity contribution < 1.29 is 18.7 Å². The first-order valence-electron chi connectivity index (χ1n) is 7.03. The molecule has 2 aromatic rings. The molecule has 0 spiro atoms. The van der Waals surface area contributed by atoms with E-state index in [0.29, 0.717) is 16.5 Å². The lowest BCUT2D eigenvalue weighted by Gasteiger charge is -2.14. The molecule has 2 rings (SSSR count). The Labute approximate surface area is 138 Å². The van der Waals surface area contributed by atoms with Gasteiger partial charge in [-0.1, -0.05) is 11.6 Å². The summed E-state index contributed by atoms with van der Waals surface area (Å²) in [6.07, 6.45) is 0.799. The highest BCUT2D eigenvalue weighted by Crippen LogP contribution is 2.16. The molecule has 122 valence electrons. The Morgan fingerprint density at radius 1 is 1.22 bits per heavy atom. The van der Waals surface area contributed by atoms with E-state index in [1.165, 1.54) is 6.26 Å². The van der Waals surface area contributed by atoms with Crippen molar-refractivity contribution in [2.24, 2.45) is 0 Å². The number of benzene rings is 1. The van der Waals surface area contributed by atoms with Crippen LogP contribution in [0.15, 0.2) is 47.1 Å². The summed E-state index contributed by atoms with van der Waals surface area (Å²) < 4.78 is 10.6. The van der Waals surface area contributed by atoms with Crippen molar-refractivity contribution in [3.63, 3.8) is 0 Å². The smallest absolute Gasteiger partial charge is 0.261 e. The predicted molar refractivity (Wildman–Crippen MR) is 85.1 cm³/mol. The number of nitrogens with one attached hydrogen (secondary N) is 2. The van der Waals surface area contributed by atoms with Gasteiger partial charge in [-0.15, -0.1) is 0 Å². The van der Waals surface area contributed by atoms with Gasteiger partial charge in [0.05, 0.1) is 19.4 Å². The summed E-state index contributed by atoms with van der Waals surface area (Å²) in [6.45, 7) is 1.75. The Hall–Kier alpha value is -2.47. The Kier molecular flexibility index (Phi) is 6.05. The lowest BCUT2D eigenvalue weighted by Crippen LogP contribution is -2.42. The molecule has 1 aromatic heterocycles. The molecule has 0 saturated carbocycles. The summed E-state index contributed by atoms with van der Waals surface area (Å²) in [4.78, 5) is 23.5. The molecule has 0 bridgehead atoms. The van der Waals surface area contributed by atoms with Gasteiger partial charge < -0.3 is 19.8 Å². The summed E-state index contributed by atoms with van der Waals surface area (Å²) in [6, 6.07) is 10.2. The third kappa shape index (κ3) is 5.67. The normalized spacial score (nSPS) is 11.6. The summed E-state index contributed by atoms with van der Waals surface area (Å²) >= 11 is 5.78. The zero-order valence-electron chi connectivity index (χ0n) is 12.5. The van der Waals surface area contributed by atoms with Gasteiger partial charge in [0, 0.05) is 5.02 Å². The number of amides is 2. The molecule has 0 fully saturated rings. The molecular formula is C16H17ClN2O4. The third-order valence-corrected chi connectivity index (χ3v) is 3.21. The van der Waals surface area contributed by atoms with Crippen LogP contribution in [0, 0.1) is 0 Å². The number of carbonyl (C=O) groups excluding carboxylic acids is 2. The molecule has 0 aliphatic carbocycles. The van der Waals surface area contributed by atoms with Crippen LogP contribution in [0.2, 0.25) is 5.02 Å². The van der Waals surface area contributed by atoms with E-state index in [1.807, 2.05) is 0 Å². The van der Waals surface area contributed by atoms with Crippen LogP contribution in [-0.4, -0.2) is 24.5 Å². The highest BCUT2D eigenvalue weighted by Gasteiger charge is 2.15. The van der Waals surface area contributed by atoms with Crippen molar-refractivity contribution in [1.82, 2.24) is 10.6 Å². The lowest BCUT2D eigenvalue weighted by atomic mass is 10.3. The maximum absolute atomic E-state index is 11.9. The van der Waals surface area contributed by atoms with E-state index in [1.54, 1.807) is 43.3 Å². The zero-order chi connectivity index (χ0) is 16.7. The van der Waals surface area contributed by atoms with Crippen LogP contribution < -0.4 is 15.4 Å². The van der Waals surface area contributed by atoms with Crippen LogP contribution in [0.5, 0.6) is 5.75 Å². The Morgan fingerprint density at radius 3 is 2.61 bits per heavy atom. The molecule has 1 heterocycles. The maximum Gasteiger partial charge on any atom is 0.261 e. The average molecular weight is 337 g/mol. The van der Waals surface area contributed by atoms with E-state index in [4.69, 9.17) is 20.8 Å². The Balaban J connectivity index is 1.70. The van der Waals surface area contributed by atoms with E-state index >= 15 is 0 Å². The second-order valence-corrected chi connectivity index (χ2v) is 5.22. The van der Waals surface area contributed by atoms with E-state index in [0.717, 1.165) is 0 Å². The molecular weight excluding hydrogens is 320 g/mol. The molecule has 0 aliphatic heterocycles. The largest absolute Gasteiger partial charge is 0.481 e. The molecule has 2 amide bonds. The first-order valence-corrected chi connectivity index (χ1v) is 7.41. The molecule has 23 heavy (non-hydrogen) atoms. The quantitative estimate of drug-likeness (QED) is 0.811. The number of furan rings is 1. The van der Waals surface area contributed by atoms with Crippen LogP contribution in [0.4, 0.5) is 0 Å². The maximum atomic E-state index is 11.9. The summed E-state index contributed by atoms with van der Waals surface area (Å²) in [7, 11) is 0. The molecule has 1 atom stereocenters. The SMILES string of the molecule is CC(Oc1ccc(Cl)cc1)C(=O)NCC(=O)NCc1ccco1. The molecule has 2 N–H and O–H groups in total. The summed E-state index contributed by atoms with van der Waals surface area (Å²) in [5, 5.41) is 5.73. The molecule has 1 unspecified atom stereocenters. The zero-order valence-corrected chi connectivity index (χ0v) is 13.3. The molecule has 1 aromatic carbocycles. The van der Waals surface area contributed by atoms with Gasteiger partial charge in [-0.2, -0.15) is 0 Å². The highest BCUT2D eigenvalue weighted by molar-refractivity contribution is 6.30. The Bertz CT molecular complexity index is 641. The fourth-order valence-corrected chi connectivity index (χ4v) is 1.87. The van der Waals surface area contributed by atoms with Crippen molar-refractivity contribution in [2.45, 2.75) is 19.6 Å². The summed E-state index contributed by atoms with van der Waals surface area (Å²) in [5.41, 5.74) is 0. The minimum Gasteiger partial charge on any atom is -0.481 e. The topological polar surface area (TPSA) is 80.6 Å². The van der Waals surface area contributed by atoms with Gasteiger partial charge in [0.25, 0.3) is 5.91 Å². The van der Waals surface area contributed by atoms with Gasteiger partial charge in [-0.3, -0.25) is 9.59 Å². The number of carbonyl (C=O) groups is 2. The van der Waals surface area contributed by atoms with E-state index in [-0.39, 0.29) is 24.9 Å². The minimum atomic E-state index is -0.728. The van der Waals surface area contributed by atoms with Gasteiger partial charge in [0.2, 0.25) is 5.91 Å². The van der Waals surface area contributed by atoms with Crippen molar-refractivity contribution in [2.75, 3.05) is 6.54 Å². The number of halogens is 1. The first kappa shape index (κ1) is 16.9. The van der Waals surface area contributed by atoms with Gasteiger partial charge in [-0.25, -0.2) is 0 Å². The standard InChI is InChI=1S/C16H17ClN2O4/c1-11(23-13-6-4-12(17)5-7-13)16(21)19-10-15(20)18-9-14-3-2-8-22-14/h2-8,11H,9-10H2,1H3,(H,18,20)(H,19,21). The fraction of sp³-hybridized carbons (Fsp3) is 0.250. The average Bonchev–Trinajstić information content (AvgIpc) is 3.06. The van der Waals surface area contributed by atoms with E-state index in [2.05, 4.69) is 10.6 Å². The highest BCUT2D eigenvalue weighted by atomic mass is 35.5. The number of hydrogen-bond acceptors (Lipinski definition) is 4. The first-order chi connectivity index (χ1) is 11.0. The molecule has 0 aliphatic rings. The predicted octanol–water partition coefficient (Wildman–Crippen LogP) is 2.13. The molecule has 0 saturated heterocycles. The van der Waals surface area contributed by atoms with Gasteiger partial charge in [-0.05, 0) is 43.3 Å². The van der Waals surface area contributed by atoms with Gasteiger partial charge in [0.15, 0.2) is 6.10 Å². The van der Waals surface area contributed by atoms with Crippen molar-refractivity contribution in [3.05, 3.63) is 53.4 Å². The van der Waals surface area contributed by atoms with Gasteiger partial charge in [0.1, 0.15) is 11.5 Å². The monoisotopic (exact) mass is 336 g/mol. The Morgan fingerprint density at radius 2 is 1.96 bits per heavy atom. The second-order valence-electron chi connectivity index (χ2n) is 4.79. The van der Waals surface area contributed by atoms with E-state index in [9.17, 15) is 9.59 Å². The number of hydrogen-bond donors (Lipinski definition) is 2. The fourth-order valence-electron chi connectivity index (χ4n) is 1.74. The van der Waals surface area contributed by atoms with Crippen molar-refractivity contribution in [1.29, 1.82) is 0 Å². The number of rotatable bonds is 7.